The number of pyridine rings is 1. The maximum Gasteiger partial charge on any atom is 0.155 e. The zero-order chi connectivity index (χ0) is 13.6. The summed E-state index contributed by atoms with van der Waals surface area (Å²) in [6.07, 6.45) is 13.2. The van der Waals surface area contributed by atoms with Crippen LogP contribution >= 0.6 is 0 Å². The van der Waals surface area contributed by atoms with Gasteiger partial charge in [-0.1, -0.05) is 31.7 Å². The molecule has 1 aliphatic rings. The Kier molecular flexibility index (Phi) is 4.38. The number of rotatable bonds is 4. The van der Waals surface area contributed by atoms with Crippen LogP contribution in [0.4, 0.5) is 0 Å². The van der Waals surface area contributed by atoms with Crippen LogP contribution in [0.2, 0.25) is 0 Å². The molecule has 20 heavy (non-hydrogen) atoms. The highest BCUT2D eigenvalue weighted by Gasteiger charge is 2.11. The van der Waals surface area contributed by atoms with E-state index in [1.807, 2.05) is 12.3 Å². The lowest BCUT2D eigenvalue weighted by Crippen LogP contribution is -2.27. The first-order valence-electron chi connectivity index (χ1n) is 7.45. The third-order valence-corrected chi connectivity index (χ3v) is 3.91. The lowest BCUT2D eigenvalue weighted by Gasteiger charge is -2.16. The van der Waals surface area contributed by atoms with E-state index in [9.17, 15) is 0 Å². The molecule has 0 amide bonds. The molecule has 0 radical (unpaired) electrons. The van der Waals surface area contributed by atoms with Crippen molar-refractivity contribution in [1.29, 1.82) is 0 Å². The van der Waals surface area contributed by atoms with Gasteiger partial charge in [-0.2, -0.15) is 5.10 Å². The molecule has 0 saturated heterocycles. The van der Waals surface area contributed by atoms with Gasteiger partial charge in [0.2, 0.25) is 0 Å². The first kappa shape index (κ1) is 13.2. The Hall–Kier alpha value is -1.75. The summed E-state index contributed by atoms with van der Waals surface area (Å²) in [5.41, 5.74) is 1.22. The minimum atomic E-state index is 0.674. The molecule has 106 valence electrons. The molecule has 3 rings (SSSR count). The van der Waals surface area contributed by atoms with Gasteiger partial charge >= 0.3 is 0 Å². The second-order valence-electron chi connectivity index (χ2n) is 5.43. The van der Waals surface area contributed by atoms with Crippen LogP contribution in [-0.2, 0) is 6.54 Å². The number of hydrogen-bond acceptors (Lipinski definition) is 4. The highest BCUT2D eigenvalue weighted by molar-refractivity contribution is 5.23. The van der Waals surface area contributed by atoms with Gasteiger partial charge in [0.25, 0.3) is 0 Å². The molecule has 5 heteroatoms. The fraction of sp³-hybridized carbons (Fsp3) is 0.533. The summed E-state index contributed by atoms with van der Waals surface area (Å²) < 4.78 is 1.67. The number of nitrogens with one attached hydrogen (secondary N) is 1. The summed E-state index contributed by atoms with van der Waals surface area (Å²) in [5, 5.41) is 7.73. The molecule has 2 aromatic heterocycles. The van der Waals surface area contributed by atoms with Crippen LogP contribution < -0.4 is 5.32 Å². The molecule has 0 bridgehead atoms. The Balaban J connectivity index is 1.55. The lowest BCUT2D eigenvalue weighted by atomic mass is 10.1. The van der Waals surface area contributed by atoms with E-state index in [0.29, 0.717) is 6.04 Å². The Bertz CT molecular complexity index is 498. The summed E-state index contributed by atoms with van der Waals surface area (Å²) in [6.45, 7) is 0.898. The summed E-state index contributed by atoms with van der Waals surface area (Å²) in [4.78, 5) is 8.35. The molecule has 0 aliphatic heterocycles. The zero-order valence-electron chi connectivity index (χ0n) is 11.7. The van der Waals surface area contributed by atoms with Crippen LogP contribution in [0, 0.1) is 0 Å². The second-order valence-corrected chi connectivity index (χ2v) is 5.43. The zero-order valence-corrected chi connectivity index (χ0v) is 11.7. The average Bonchev–Trinajstić information content (AvgIpc) is 2.90. The molecule has 2 heterocycles. The average molecular weight is 271 g/mol. The van der Waals surface area contributed by atoms with E-state index in [1.165, 1.54) is 50.4 Å². The molecular formula is C15H21N5. The summed E-state index contributed by atoms with van der Waals surface area (Å²) in [6, 6.07) is 4.76. The van der Waals surface area contributed by atoms with Gasteiger partial charge in [0.1, 0.15) is 12.7 Å². The Morgan fingerprint density at radius 3 is 2.65 bits per heavy atom. The van der Waals surface area contributed by atoms with Crippen molar-refractivity contribution < 1.29 is 0 Å². The Labute approximate surface area is 119 Å². The minimum absolute atomic E-state index is 0.674. The van der Waals surface area contributed by atoms with Gasteiger partial charge < -0.3 is 5.32 Å². The molecule has 0 aromatic carbocycles. The van der Waals surface area contributed by atoms with E-state index >= 15 is 0 Å². The van der Waals surface area contributed by atoms with Crippen molar-refractivity contribution in [3.63, 3.8) is 0 Å². The fourth-order valence-electron chi connectivity index (χ4n) is 2.73. The number of nitrogens with zero attached hydrogens (tertiary/aromatic N) is 4. The van der Waals surface area contributed by atoms with E-state index in [0.717, 1.165) is 12.4 Å². The van der Waals surface area contributed by atoms with Gasteiger partial charge in [-0.25, -0.2) is 14.6 Å². The van der Waals surface area contributed by atoms with E-state index in [4.69, 9.17) is 0 Å². The van der Waals surface area contributed by atoms with Gasteiger partial charge in [-0.05, 0) is 24.5 Å². The SMILES string of the molecule is c1ncn(-c2ccc(CNC3CCCCCC3)cn2)n1. The van der Waals surface area contributed by atoms with Gasteiger partial charge in [0.05, 0.1) is 0 Å². The maximum atomic E-state index is 4.42. The standard InChI is InChI=1S/C15H21N5/c1-2-4-6-14(5-3-1)17-9-13-7-8-15(18-10-13)20-12-16-11-19-20/h7-8,10-12,14,17H,1-6,9H2. The fourth-order valence-corrected chi connectivity index (χ4v) is 2.73. The van der Waals surface area contributed by atoms with Gasteiger partial charge in [-0.3, -0.25) is 0 Å². The lowest BCUT2D eigenvalue weighted by molar-refractivity contribution is 0.459. The Morgan fingerprint density at radius 1 is 1.15 bits per heavy atom. The van der Waals surface area contributed by atoms with Crippen molar-refractivity contribution in [2.24, 2.45) is 0 Å². The number of aromatic nitrogens is 4. The smallest absolute Gasteiger partial charge is 0.155 e. The second kappa shape index (κ2) is 6.61. The largest absolute Gasteiger partial charge is 0.310 e. The first-order chi connectivity index (χ1) is 9.92. The first-order valence-corrected chi connectivity index (χ1v) is 7.45. The van der Waals surface area contributed by atoms with Gasteiger partial charge in [0.15, 0.2) is 5.82 Å². The van der Waals surface area contributed by atoms with Crippen molar-refractivity contribution in [2.45, 2.75) is 51.1 Å². The molecule has 1 N–H and O–H groups in total. The molecule has 0 spiro atoms. The van der Waals surface area contributed by atoms with Crippen LogP contribution in [0.5, 0.6) is 0 Å². The third-order valence-electron chi connectivity index (χ3n) is 3.91. The van der Waals surface area contributed by atoms with E-state index in [2.05, 4.69) is 26.4 Å². The van der Waals surface area contributed by atoms with Crippen molar-refractivity contribution in [3.8, 4) is 5.82 Å². The highest BCUT2D eigenvalue weighted by atomic mass is 15.3. The highest BCUT2D eigenvalue weighted by Crippen LogP contribution is 2.17. The molecule has 5 nitrogen and oxygen atoms in total. The van der Waals surface area contributed by atoms with Crippen LogP contribution in [0.15, 0.2) is 31.0 Å². The van der Waals surface area contributed by atoms with Crippen molar-refractivity contribution >= 4 is 0 Å². The molecule has 0 unspecified atom stereocenters. The van der Waals surface area contributed by atoms with E-state index < -0.39 is 0 Å². The maximum absolute atomic E-state index is 4.42. The van der Waals surface area contributed by atoms with E-state index in [-0.39, 0.29) is 0 Å². The normalized spacial score (nSPS) is 17.0. The van der Waals surface area contributed by atoms with Crippen LogP contribution in [0.25, 0.3) is 5.82 Å². The van der Waals surface area contributed by atoms with Crippen LogP contribution in [0.1, 0.15) is 44.1 Å². The summed E-state index contributed by atoms with van der Waals surface area (Å²) in [5.74, 6) is 0.806. The summed E-state index contributed by atoms with van der Waals surface area (Å²) >= 11 is 0. The molecular weight excluding hydrogens is 250 g/mol. The molecule has 0 atom stereocenters. The molecule has 1 saturated carbocycles. The minimum Gasteiger partial charge on any atom is -0.310 e. The van der Waals surface area contributed by atoms with Crippen molar-refractivity contribution in [2.75, 3.05) is 0 Å². The molecule has 1 aliphatic carbocycles. The van der Waals surface area contributed by atoms with Gasteiger partial charge in [0, 0.05) is 18.8 Å². The Morgan fingerprint density at radius 2 is 2.00 bits per heavy atom. The topological polar surface area (TPSA) is 55.6 Å². The molecule has 2 aromatic rings. The predicted molar refractivity (Wildman–Crippen MR) is 77.5 cm³/mol. The van der Waals surface area contributed by atoms with Crippen molar-refractivity contribution in [3.05, 3.63) is 36.5 Å². The predicted octanol–water partition coefficient (Wildman–Crippen LogP) is 2.47. The van der Waals surface area contributed by atoms with Gasteiger partial charge in [-0.15, -0.1) is 0 Å². The van der Waals surface area contributed by atoms with E-state index in [1.54, 1.807) is 11.0 Å². The monoisotopic (exact) mass is 271 g/mol. The molecule has 1 fully saturated rings. The number of hydrogen-bond donors (Lipinski definition) is 1. The van der Waals surface area contributed by atoms with Crippen LogP contribution in [-0.4, -0.2) is 25.8 Å². The quantitative estimate of drug-likeness (QED) is 0.868. The summed E-state index contributed by atoms with van der Waals surface area (Å²) in [7, 11) is 0. The third kappa shape index (κ3) is 3.42. The van der Waals surface area contributed by atoms with Crippen molar-refractivity contribution in [1.82, 2.24) is 25.1 Å². The van der Waals surface area contributed by atoms with Crippen LogP contribution in [0.3, 0.4) is 0 Å².